The van der Waals surface area contributed by atoms with Crippen molar-refractivity contribution in [2.75, 3.05) is 13.7 Å². The molecular weight excluding hydrogens is 270 g/mol. The number of ether oxygens (including phenoxy) is 2. The molecule has 1 rings (SSSR count). The number of amides is 1. The fraction of sp³-hybridized carbons (Fsp3) is 0.273. The zero-order valence-electron chi connectivity index (χ0n) is 10.8. The first-order valence-electron chi connectivity index (χ1n) is 5.50. The molecule has 0 spiro atoms. The SMILES string of the molecule is CCOc1cc(C=NNC(=O)OC)cc([N+](=O)[O-])c1O. The van der Waals surface area contributed by atoms with Crippen LogP contribution in [0.2, 0.25) is 0 Å². The topological polar surface area (TPSA) is 123 Å². The van der Waals surface area contributed by atoms with Crippen molar-refractivity contribution in [3.05, 3.63) is 27.8 Å². The van der Waals surface area contributed by atoms with E-state index in [2.05, 4.69) is 9.84 Å². The Morgan fingerprint density at radius 2 is 2.30 bits per heavy atom. The summed E-state index contributed by atoms with van der Waals surface area (Å²) < 4.78 is 9.38. The highest BCUT2D eigenvalue weighted by molar-refractivity contribution is 5.84. The number of benzene rings is 1. The monoisotopic (exact) mass is 283 g/mol. The van der Waals surface area contributed by atoms with Crippen molar-refractivity contribution >= 4 is 18.0 Å². The van der Waals surface area contributed by atoms with Crippen LogP contribution in [0.1, 0.15) is 12.5 Å². The number of phenolic OH excluding ortho intramolecular Hbond substituents is 1. The first kappa shape index (κ1) is 15.2. The second-order valence-electron chi connectivity index (χ2n) is 3.44. The molecule has 0 aliphatic carbocycles. The lowest BCUT2D eigenvalue weighted by Crippen LogP contribution is -2.16. The summed E-state index contributed by atoms with van der Waals surface area (Å²) in [7, 11) is 1.17. The molecule has 0 bridgehead atoms. The van der Waals surface area contributed by atoms with Gasteiger partial charge in [0.05, 0.1) is 24.9 Å². The predicted octanol–water partition coefficient (Wildman–Crippen LogP) is 1.39. The van der Waals surface area contributed by atoms with Crippen molar-refractivity contribution < 1.29 is 24.3 Å². The molecular formula is C11H13N3O6. The maximum Gasteiger partial charge on any atom is 0.427 e. The highest BCUT2D eigenvalue weighted by atomic mass is 16.6. The summed E-state index contributed by atoms with van der Waals surface area (Å²) in [6.45, 7) is 1.90. The molecule has 2 N–H and O–H groups in total. The van der Waals surface area contributed by atoms with Gasteiger partial charge in [0.1, 0.15) is 0 Å². The van der Waals surface area contributed by atoms with Crippen molar-refractivity contribution in [1.29, 1.82) is 0 Å². The molecule has 9 nitrogen and oxygen atoms in total. The van der Waals surface area contributed by atoms with E-state index in [0.717, 1.165) is 12.3 Å². The third-order valence-electron chi connectivity index (χ3n) is 2.13. The van der Waals surface area contributed by atoms with E-state index in [0.29, 0.717) is 0 Å². The largest absolute Gasteiger partial charge is 0.500 e. The lowest BCUT2D eigenvalue weighted by atomic mass is 10.2. The van der Waals surface area contributed by atoms with E-state index in [1.807, 2.05) is 5.43 Å². The van der Waals surface area contributed by atoms with Gasteiger partial charge in [-0.25, -0.2) is 10.2 Å². The van der Waals surface area contributed by atoms with Crippen molar-refractivity contribution in [3.63, 3.8) is 0 Å². The molecule has 0 fully saturated rings. The second-order valence-corrected chi connectivity index (χ2v) is 3.44. The van der Waals surface area contributed by atoms with Gasteiger partial charge in [0.25, 0.3) is 0 Å². The molecule has 0 unspecified atom stereocenters. The summed E-state index contributed by atoms with van der Waals surface area (Å²) in [6, 6.07) is 2.45. The van der Waals surface area contributed by atoms with Crippen molar-refractivity contribution in [2.24, 2.45) is 5.10 Å². The van der Waals surface area contributed by atoms with Crippen LogP contribution in [0.25, 0.3) is 0 Å². The van der Waals surface area contributed by atoms with Crippen LogP contribution >= 0.6 is 0 Å². The van der Waals surface area contributed by atoms with Gasteiger partial charge >= 0.3 is 11.8 Å². The van der Waals surface area contributed by atoms with E-state index in [4.69, 9.17) is 4.74 Å². The Kier molecular flexibility index (Phi) is 5.27. The van der Waals surface area contributed by atoms with Crippen molar-refractivity contribution in [1.82, 2.24) is 5.43 Å². The Bertz CT molecular complexity index is 543. The van der Waals surface area contributed by atoms with Crippen molar-refractivity contribution in [2.45, 2.75) is 6.92 Å². The van der Waals surface area contributed by atoms with Crippen molar-refractivity contribution in [3.8, 4) is 11.5 Å². The van der Waals surface area contributed by atoms with E-state index < -0.39 is 22.5 Å². The van der Waals surface area contributed by atoms with Gasteiger partial charge in [-0.3, -0.25) is 10.1 Å². The molecule has 0 saturated carbocycles. The van der Waals surface area contributed by atoms with Gasteiger partial charge in [-0.05, 0) is 13.0 Å². The molecule has 0 saturated heterocycles. The average molecular weight is 283 g/mol. The van der Waals surface area contributed by atoms with Crippen LogP contribution in [-0.4, -0.2) is 36.1 Å². The minimum absolute atomic E-state index is 0.0405. The number of nitrogens with zero attached hydrogens (tertiary/aromatic N) is 2. The standard InChI is InChI=1S/C11H13N3O6/c1-3-20-9-5-7(6-12-13-11(16)19-2)4-8(10(9)15)14(17)18/h4-6,15H,3H2,1-2H3,(H,13,16). The molecule has 1 aromatic rings. The molecule has 0 radical (unpaired) electrons. The average Bonchev–Trinajstić information content (AvgIpc) is 2.41. The summed E-state index contributed by atoms with van der Waals surface area (Å²) in [5, 5.41) is 24.0. The maximum absolute atomic E-state index is 10.8. The van der Waals surface area contributed by atoms with Crippen LogP contribution in [0.3, 0.4) is 0 Å². The molecule has 0 atom stereocenters. The fourth-order valence-electron chi connectivity index (χ4n) is 1.30. The van der Waals surface area contributed by atoms with Gasteiger partial charge in [0, 0.05) is 11.6 Å². The van der Waals surface area contributed by atoms with Crippen LogP contribution in [0.4, 0.5) is 10.5 Å². The van der Waals surface area contributed by atoms with Gasteiger partial charge < -0.3 is 14.6 Å². The van der Waals surface area contributed by atoms with Gasteiger partial charge in [-0.15, -0.1) is 0 Å². The van der Waals surface area contributed by atoms with E-state index in [1.165, 1.54) is 13.2 Å². The summed E-state index contributed by atoms with van der Waals surface area (Å²) >= 11 is 0. The molecule has 1 aromatic carbocycles. The van der Waals surface area contributed by atoms with E-state index in [9.17, 15) is 20.0 Å². The third kappa shape index (κ3) is 3.83. The lowest BCUT2D eigenvalue weighted by molar-refractivity contribution is -0.386. The van der Waals surface area contributed by atoms with Gasteiger partial charge in [0.2, 0.25) is 5.75 Å². The smallest absolute Gasteiger partial charge is 0.427 e. The zero-order valence-corrected chi connectivity index (χ0v) is 10.8. The summed E-state index contributed by atoms with van der Waals surface area (Å²) in [5.74, 6) is -0.601. The number of rotatable bonds is 5. The number of carbonyl (C=O) groups is 1. The summed E-state index contributed by atoms with van der Waals surface area (Å²) in [5.41, 5.74) is 1.79. The number of methoxy groups -OCH3 is 1. The summed E-state index contributed by atoms with van der Waals surface area (Å²) in [6.07, 6.45) is 0.380. The Hall–Kier alpha value is -2.84. The number of nitro groups is 1. The number of nitro benzene ring substituents is 1. The van der Waals surface area contributed by atoms with Gasteiger partial charge in [-0.2, -0.15) is 5.10 Å². The Morgan fingerprint density at radius 1 is 1.60 bits per heavy atom. The number of hydrogen-bond donors (Lipinski definition) is 2. The Labute approximate surface area is 114 Å². The van der Waals surface area contributed by atoms with E-state index in [1.54, 1.807) is 6.92 Å². The molecule has 0 aliphatic rings. The van der Waals surface area contributed by atoms with Crippen LogP contribution < -0.4 is 10.2 Å². The number of hydrogen-bond acceptors (Lipinski definition) is 7. The number of nitrogens with one attached hydrogen (secondary N) is 1. The minimum Gasteiger partial charge on any atom is -0.500 e. The quantitative estimate of drug-likeness (QED) is 0.478. The van der Waals surface area contributed by atoms with E-state index in [-0.39, 0.29) is 17.9 Å². The van der Waals surface area contributed by atoms with Gasteiger partial charge in [-0.1, -0.05) is 0 Å². The molecule has 20 heavy (non-hydrogen) atoms. The second kappa shape index (κ2) is 6.92. The molecule has 108 valence electrons. The molecule has 1 amide bonds. The first-order chi connectivity index (χ1) is 9.49. The van der Waals surface area contributed by atoms with Crippen LogP contribution in [0.5, 0.6) is 11.5 Å². The number of phenols is 1. The molecule has 0 aromatic heterocycles. The first-order valence-corrected chi connectivity index (χ1v) is 5.50. The van der Waals surface area contributed by atoms with Crippen LogP contribution in [0.15, 0.2) is 17.2 Å². The fourth-order valence-corrected chi connectivity index (χ4v) is 1.30. The van der Waals surface area contributed by atoms with Crippen LogP contribution in [0, 0.1) is 10.1 Å². The highest BCUT2D eigenvalue weighted by Gasteiger charge is 2.19. The normalized spacial score (nSPS) is 10.3. The zero-order chi connectivity index (χ0) is 15.1. The predicted molar refractivity (Wildman–Crippen MR) is 69.1 cm³/mol. The third-order valence-corrected chi connectivity index (χ3v) is 2.13. The van der Waals surface area contributed by atoms with Crippen LogP contribution in [-0.2, 0) is 4.74 Å². The Morgan fingerprint density at radius 3 is 2.85 bits per heavy atom. The Balaban J connectivity index is 3.07. The number of carbonyl (C=O) groups excluding carboxylic acids is 1. The number of hydrazone groups is 1. The minimum atomic E-state index is -0.778. The molecule has 0 aliphatic heterocycles. The maximum atomic E-state index is 10.8. The molecule has 9 heteroatoms. The van der Waals surface area contributed by atoms with E-state index >= 15 is 0 Å². The lowest BCUT2D eigenvalue weighted by Gasteiger charge is -2.07. The van der Waals surface area contributed by atoms with Gasteiger partial charge in [0.15, 0.2) is 5.75 Å². The molecule has 0 heterocycles. The summed E-state index contributed by atoms with van der Waals surface area (Å²) in [4.78, 5) is 20.8. The highest BCUT2D eigenvalue weighted by Crippen LogP contribution is 2.36. The number of aromatic hydroxyl groups is 1.